The van der Waals surface area contributed by atoms with Crippen LogP contribution >= 0.6 is 11.8 Å². The van der Waals surface area contributed by atoms with Gasteiger partial charge in [-0.1, -0.05) is 0 Å². The van der Waals surface area contributed by atoms with Crippen molar-refractivity contribution in [2.24, 2.45) is 0 Å². The van der Waals surface area contributed by atoms with Crippen LogP contribution in [0.2, 0.25) is 0 Å². The maximum atomic E-state index is 12.1. The Hall–Kier alpha value is -2.02. The lowest BCUT2D eigenvalue weighted by atomic mass is 10.2. The molecule has 0 radical (unpaired) electrons. The topological polar surface area (TPSA) is 87.9 Å². The van der Waals surface area contributed by atoms with Crippen LogP contribution in [0.15, 0.2) is 28.3 Å². The summed E-state index contributed by atoms with van der Waals surface area (Å²) in [5, 5.41) is 7.38. The Labute approximate surface area is 115 Å². The lowest BCUT2D eigenvalue weighted by molar-refractivity contribution is 0.0824. The zero-order chi connectivity index (χ0) is 14.0. The van der Waals surface area contributed by atoms with Crippen LogP contribution in [0.1, 0.15) is 16.2 Å². The van der Waals surface area contributed by atoms with Gasteiger partial charge in [-0.2, -0.15) is 0 Å². The Kier molecular flexibility index (Phi) is 3.75. The highest BCUT2D eigenvalue weighted by molar-refractivity contribution is 7.99. The van der Waals surface area contributed by atoms with E-state index in [0.717, 1.165) is 10.7 Å². The summed E-state index contributed by atoms with van der Waals surface area (Å²) in [6.07, 6.45) is 0. The first-order valence-corrected chi connectivity index (χ1v) is 6.47. The standard InChI is InChI=1S/C12H15N5OS/c1-7-14-12(16-15-7)19-10-6-8(13)4-5-9(10)11(18)17(2)3/h4-6H,13H2,1-3H3,(H,14,15,16). The van der Waals surface area contributed by atoms with Crippen molar-refractivity contribution in [3.05, 3.63) is 29.6 Å². The second kappa shape index (κ2) is 5.31. The average Bonchev–Trinajstić information content (AvgIpc) is 2.74. The van der Waals surface area contributed by atoms with Crippen molar-refractivity contribution in [2.75, 3.05) is 19.8 Å². The monoisotopic (exact) mass is 277 g/mol. The molecule has 7 heteroatoms. The third-order valence-electron chi connectivity index (χ3n) is 2.42. The summed E-state index contributed by atoms with van der Waals surface area (Å²) in [5.74, 6) is 0.654. The van der Waals surface area contributed by atoms with E-state index in [-0.39, 0.29) is 5.91 Å². The van der Waals surface area contributed by atoms with Crippen molar-refractivity contribution < 1.29 is 4.79 Å². The lowest BCUT2D eigenvalue weighted by Crippen LogP contribution is -2.22. The van der Waals surface area contributed by atoms with Gasteiger partial charge in [0.25, 0.3) is 5.91 Å². The number of nitrogen functional groups attached to an aromatic ring is 1. The van der Waals surface area contributed by atoms with Crippen molar-refractivity contribution in [3.63, 3.8) is 0 Å². The van der Waals surface area contributed by atoms with E-state index in [2.05, 4.69) is 15.2 Å². The molecule has 100 valence electrons. The Morgan fingerprint density at radius 3 is 2.74 bits per heavy atom. The SMILES string of the molecule is Cc1nc(Sc2cc(N)ccc2C(=O)N(C)C)n[nH]1. The van der Waals surface area contributed by atoms with Gasteiger partial charge < -0.3 is 10.6 Å². The molecule has 0 aliphatic heterocycles. The molecule has 6 nitrogen and oxygen atoms in total. The van der Waals surface area contributed by atoms with Crippen molar-refractivity contribution in [1.29, 1.82) is 0 Å². The predicted molar refractivity (Wildman–Crippen MR) is 74.1 cm³/mol. The van der Waals surface area contributed by atoms with E-state index in [0.29, 0.717) is 16.4 Å². The van der Waals surface area contributed by atoms with Gasteiger partial charge in [0, 0.05) is 24.7 Å². The Balaban J connectivity index is 2.37. The zero-order valence-electron chi connectivity index (χ0n) is 11.0. The van der Waals surface area contributed by atoms with Crippen LogP contribution in [0.25, 0.3) is 0 Å². The molecule has 2 aromatic rings. The number of rotatable bonds is 3. The van der Waals surface area contributed by atoms with E-state index in [4.69, 9.17) is 5.73 Å². The number of aryl methyl sites for hydroxylation is 1. The van der Waals surface area contributed by atoms with Gasteiger partial charge in [-0.25, -0.2) is 4.98 Å². The molecular formula is C12H15N5OS. The first-order valence-electron chi connectivity index (χ1n) is 5.65. The molecule has 1 heterocycles. The van der Waals surface area contributed by atoms with Crippen LogP contribution in [0.4, 0.5) is 5.69 Å². The number of H-pyrrole nitrogens is 1. The molecule has 0 aliphatic rings. The van der Waals surface area contributed by atoms with Gasteiger partial charge in [0.1, 0.15) is 5.82 Å². The lowest BCUT2D eigenvalue weighted by Gasteiger charge is -2.13. The molecular weight excluding hydrogens is 262 g/mol. The van der Waals surface area contributed by atoms with Crippen molar-refractivity contribution in [3.8, 4) is 0 Å². The molecule has 1 aromatic carbocycles. The molecule has 0 aliphatic carbocycles. The normalized spacial score (nSPS) is 10.5. The fourth-order valence-corrected chi connectivity index (χ4v) is 2.44. The van der Waals surface area contributed by atoms with Crippen LogP contribution in [-0.2, 0) is 0 Å². The number of carbonyl (C=O) groups is 1. The number of aromatic nitrogens is 3. The fraction of sp³-hybridized carbons (Fsp3) is 0.250. The van der Waals surface area contributed by atoms with E-state index in [9.17, 15) is 4.79 Å². The highest BCUT2D eigenvalue weighted by atomic mass is 32.2. The molecule has 2 rings (SSSR count). The third kappa shape index (κ3) is 3.05. The first-order chi connectivity index (χ1) is 8.97. The van der Waals surface area contributed by atoms with E-state index in [1.165, 1.54) is 16.7 Å². The number of nitrogens with one attached hydrogen (secondary N) is 1. The minimum atomic E-state index is -0.0743. The number of nitrogens with two attached hydrogens (primary N) is 1. The smallest absolute Gasteiger partial charge is 0.254 e. The largest absolute Gasteiger partial charge is 0.399 e. The molecule has 1 aromatic heterocycles. The molecule has 0 unspecified atom stereocenters. The summed E-state index contributed by atoms with van der Waals surface area (Å²) >= 11 is 1.31. The number of hydrogen-bond donors (Lipinski definition) is 2. The van der Waals surface area contributed by atoms with E-state index in [1.807, 2.05) is 6.92 Å². The number of amides is 1. The van der Waals surface area contributed by atoms with Crippen LogP contribution in [-0.4, -0.2) is 40.1 Å². The highest BCUT2D eigenvalue weighted by Gasteiger charge is 2.16. The van der Waals surface area contributed by atoms with Gasteiger partial charge in [0.05, 0.1) is 5.56 Å². The quantitative estimate of drug-likeness (QED) is 0.831. The second-order valence-corrected chi connectivity index (χ2v) is 5.27. The molecule has 0 saturated carbocycles. The van der Waals surface area contributed by atoms with Crippen LogP contribution < -0.4 is 5.73 Å². The Morgan fingerprint density at radius 2 is 2.16 bits per heavy atom. The van der Waals surface area contributed by atoms with Gasteiger partial charge >= 0.3 is 0 Å². The van der Waals surface area contributed by atoms with Gasteiger partial charge in [-0.15, -0.1) is 5.10 Å². The summed E-state index contributed by atoms with van der Waals surface area (Å²) in [4.78, 5) is 18.6. The van der Waals surface area contributed by atoms with Crippen LogP contribution in [0.3, 0.4) is 0 Å². The molecule has 0 fully saturated rings. The maximum absolute atomic E-state index is 12.1. The minimum absolute atomic E-state index is 0.0743. The predicted octanol–water partition coefficient (Wildman–Crippen LogP) is 1.55. The minimum Gasteiger partial charge on any atom is -0.399 e. The molecule has 0 saturated heterocycles. The molecule has 19 heavy (non-hydrogen) atoms. The summed E-state index contributed by atoms with van der Waals surface area (Å²) in [7, 11) is 3.42. The summed E-state index contributed by atoms with van der Waals surface area (Å²) in [5.41, 5.74) is 6.97. The second-order valence-electron chi connectivity index (χ2n) is 4.26. The summed E-state index contributed by atoms with van der Waals surface area (Å²) in [6, 6.07) is 5.19. The molecule has 3 N–H and O–H groups in total. The third-order valence-corrected chi connectivity index (χ3v) is 3.34. The van der Waals surface area contributed by atoms with E-state index in [1.54, 1.807) is 32.3 Å². The molecule has 0 spiro atoms. The Morgan fingerprint density at radius 1 is 1.42 bits per heavy atom. The van der Waals surface area contributed by atoms with E-state index >= 15 is 0 Å². The van der Waals surface area contributed by atoms with Gasteiger partial charge in [0.15, 0.2) is 0 Å². The fourth-order valence-electron chi connectivity index (χ4n) is 1.51. The maximum Gasteiger partial charge on any atom is 0.254 e. The number of hydrogen-bond acceptors (Lipinski definition) is 5. The Bertz CT molecular complexity index is 608. The van der Waals surface area contributed by atoms with Gasteiger partial charge in [-0.05, 0) is 36.9 Å². The van der Waals surface area contributed by atoms with E-state index < -0.39 is 0 Å². The van der Waals surface area contributed by atoms with Crippen molar-refractivity contribution in [1.82, 2.24) is 20.1 Å². The first kappa shape index (κ1) is 13.4. The number of nitrogens with zero attached hydrogens (tertiary/aromatic N) is 3. The molecule has 0 bridgehead atoms. The van der Waals surface area contributed by atoms with Crippen molar-refractivity contribution in [2.45, 2.75) is 17.0 Å². The average molecular weight is 277 g/mol. The zero-order valence-corrected chi connectivity index (χ0v) is 11.8. The number of benzene rings is 1. The van der Waals surface area contributed by atoms with Gasteiger partial charge in [-0.3, -0.25) is 9.89 Å². The number of anilines is 1. The summed E-state index contributed by atoms with van der Waals surface area (Å²) < 4.78 is 0. The van der Waals surface area contributed by atoms with Crippen molar-refractivity contribution >= 4 is 23.4 Å². The number of carbonyl (C=O) groups excluding carboxylic acids is 1. The summed E-state index contributed by atoms with van der Waals surface area (Å²) in [6.45, 7) is 1.82. The number of aromatic amines is 1. The van der Waals surface area contributed by atoms with Gasteiger partial charge in [0.2, 0.25) is 5.16 Å². The molecule has 1 amide bonds. The highest BCUT2D eigenvalue weighted by Crippen LogP contribution is 2.30. The van der Waals surface area contributed by atoms with Crippen LogP contribution in [0.5, 0.6) is 0 Å². The van der Waals surface area contributed by atoms with Crippen LogP contribution in [0, 0.1) is 6.92 Å². The molecule has 0 atom stereocenters.